The van der Waals surface area contributed by atoms with E-state index in [0.717, 1.165) is 7.11 Å². The number of esters is 2. The van der Waals surface area contributed by atoms with Crippen LogP contribution in [0.15, 0.2) is 0 Å². The number of carboxylic acid groups (broad SMARTS) is 1. The van der Waals surface area contributed by atoms with E-state index in [2.05, 4.69) is 4.74 Å². The molecule has 22 heavy (non-hydrogen) atoms. The van der Waals surface area contributed by atoms with Crippen LogP contribution in [-0.2, 0) is 28.7 Å². The molecule has 8 nitrogen and oxygen atoms in total. The van der Waals surface area contributed by atoms with Crippen molar-refractivity contribution < 1.29 is 33.8 Å². The van der Waals surface area contributed by atoms with E-state index in [4.69, 9.17) is 9.84 Å². The molecule has 0 aromatic heterocycles. The van der Waals surface area contributed by atoms with Crippen LogP contribution < -0.4 is 0 Å². The van der Waals surface area contributed by atoms with Gasteiger partial charge in [-0.25, -0.2) is 0 Å². The lowest BCUT2D eigenvalue weighted by Gasteiger charge is -2.38. The molecular formula is C14H21NO7. The van der Waals surface area contributed by atoms with E-state index in [0.29, 0.717) is 13.1 Å². The van der Waals surface area contributed by atoms with Crippen LogP contribution in [0.4, 0.5) is 0 Å². The molecule has 0 heterocycles. The first kappa shape index (κ1) is 17.9. The first-order valence-corrected chi connectivity index (χ1v) is 7.12. The number of amides is 1. The highest BCUT2D eigenvalue weighted by molar-refractivity contribution is 5.90. The van der Waals surface area contributed by atoms with Crippen molar-refractivity contribution in [3.05, 3.63) is 0 Å². The minimum Gasteiger partial charge on any atom is -0.481 e. The van der Waals surface area contributed by atoms with E-state index in [1.807, 2.05) is 0 Å². The van der Waals surface area contributed by atoms with Gasteiger partial charge in [0.05, 0.1) is 24.9 Å². The predicted molar refractivity (Wildman–Crippen MR) is 73.6 cm³/mol. The van der Waals surface area contributed by atoms with Crippen molar-refractivity contribution >= 4 is 23.8 Å². The quantitative estimate of drug-likeness (QED) is 0.653. The van der Waals surface area contributed by atoms with Gasteiger partial charge in [-0.05, 0) is 20.3 Å². The first-order chi connectivity index (χ1) is 10.4. The van der Waals surface area contributed by atoms with Gasteiger partial charge in [0.1, 0.15) is 0 Å². The summed E-state index contributed by atoms with van der Waals surface area (Å²) in [5.74, 6) is -5.95. The minimum absolute atomic E-state index is 0.0575. The van der Waals surface area contributed by atoms with Gasteiger partial charge in [-0.2, -0.15) is 0 Å². The molecule has 8 heteroatoms. The lowest BCUT2D eigenvalue weighted by Crippen LogP contribution is -2.50. The highest BCUT2D eigenvalue weighted by Crippen LogP contribution is 2.42. The van der Waals surface area contributed by atoms with E-state index in [1.54, 1.807) is 13.8 Å². The third kappa shape index (κ3) is 3.75. The maximum atomic E-state index is 11.9. The average Bonchev–Trinajstić information content (AvgIpc) is 2.44. The van der Waals surface area contributed by atoms with Crippen LogP contribution in [0.1, 0.15) is 20.3 Å². The van der Waals surface area contributed by atoms with Crippen LogP contribution in [0.5, 0.6) is 0 Å². The summed E-state index contributed by atoms with van der Waals surface area (Å²) in [5, 5.41) is 9.12. The van der Waals surface area contributed by atoms with Gasteiger partial charge in [0.25, 0.3) is 5.91 Å². The van der Waals surface area contributed by atoms with Crippen molar-refractivity contribution in [3.8, 4) is 0 Å². The molecule has 0 bridgehead atoms. The summed E-state index contributed by atoms with van der Waals surface area (Å²) in [6, 6.07) is 0. The highest BCUT2D eigenvalue weighted by Gasteiger charge is 2.54. The molecule has 1 amide bonds. The number of hydrogen-bond donors (Lipinski definition) is 1. The molecule has 1 rings (SSSR count). The molecule has 1 fully saturated rings. The topological polar surface area (TPSA) is 110 Å². The molecule has 0 aromatic rings. The molecule has 1 aliphatic carbocycles. The van der Waals surface area contributed by atoms with Crippen molar-refractivity contribution in [1.82, 2.24) is 4.90 Å². The molecule has 3 atom stereocenters. The van der Waals surface area contributed by atoms with E-state index in [9.17, 15) is 19.2 Å². The summed E-state index contributed by atoms with van der Waals surface area (Å²) in [7, 11) is 1.16. The Morgan fingerprint density at radius 2 is 1.64 bits per heavy atom. The number of ether oxygens (including phenoxy) is 2. The van der Waals surface area contributed by atoms with Crippen molar-refractivity contribution in [2.45, 2.75) is 20.3 Å². The second-order valence-electron chi connectivity index (χ2n) is 5.01. The number of carboxylic acids is 1. The maximum Gasteiger partial charge on any atom is 0.310 e. The summed E-state index contributed by atoms with van der Waals surface area (Å²) >= 11 is 0. The Hall–Kier alpha value is -2.12. The molecule has 0 saturated heterocycles. The summed E-state index contributed by atoms with van der Waals surface area (Å²) in [6.07, 6.45) is 0.0575. The minimum atomic E-state index is -1.25. The van der Waals surface area contributed by atoms with E-state index in [1.165, 1.54) is 4.90 Å². The fraction of sp³-hybridized carbons (Fsp3) is 0.714. The van der Waals surface area contributed by atoms with Gasteiger partial charge in [0, 0.05) is 13.1 Å². The second kappa shape index (κ2) is 7.77. The van der Waals surface area contributed by atoms with Gasteiger partial charge < -0.3 is 19.5 Å². The zero-order chi connectivity index (χ0) is 16.9. The van der Waals surface area contributed by atoms with Gasteiger partial charge >= 0.3 is 17.9 Å². The molecule has 0 aliphatic heterocycles. The maximum absolute atomic E-state index is 11.9. The Morgan fingerprint density at radius 3 is 2.09 bits per heavy atom. The van der Waals surface area contributed by atoms with Gasteiger partial charge in [0.2, 0.25) is 0 Å². The van der Waals surface area contributed by atoms with Gasteiger partial charge in [0.15, 0.2) is 6.61 Å². The van der Waals surface area contributed by atoms with Crippen LogP contribution in [-0.4, -0.2) is 60.6 Å². The SMILES string of the molecule is CCN(CC)C(=O)COC(=O)C1CC(C(=O)OC)C1C(=O)O. The zero-order valence-electron chi connectivity index (χ0n) is 12.9. The Labute approximate surface area is 128 Å². The summed E-state index contributed by atoms with van der Waals surface area (Å²) in [4.78, 5) is 47.7. The van der Waals surface area contributed by atoms with Crippen molar-refractivity contribution in [3.63, 3.8) is 0 Å². The fourth-order valence-corrected chi connectivity index (χ4v) is 2.54. The number of carbonyl (C=O) groups excluding carboxylic acids is 3. The molecule has 3 unspecified atom stereocenters. The molecule has 124 valence electrons. The van der Waals surface area contributed by atoms with E-state index in [-0.39, 0.29) is 12.3 Å². The third-order valence-electron chi connectivity index (χ3n) is 3.92. The number of hydrogen-bond acceptors (Lipinski definition) is 6. The Bertz CT molecular complexity index is 458. The highest BCUT2D eigenvalue weighted by atomic mass is 16.5. The monoisotopic (exact) mass is 315 g/mol. The average molecular weight is 315 g/mol. The number of carbonyl (C=O) groups is 4. The number of likely N-dealkylation sites (N-methyl/N-ethyl adjacent to an activating group) is 1. The first-order valence-electron chi connectivity index (χ1n) is 7.12. The molecule has 0 radical (unpaired) electrons. The number of rotatable bonds is 7. The Balaban J connectivity index is 2.58. The predicted octanol–water partition coefficient (Wildman–Crippen LogP) is -0.0921. The summed E-state index contributed by atoms with van der Waals surface area (Å²) < 4.78 is 9.40. The third-order valence-corrected chi connectivity index (χ3v) is 3.92. The summed E-state index contributed by atoms with van der Waals surface area (Å²) in [5.41, 5.74) is 0. The van der Waals surface area contributed by atoms with Crippen LogP contribution in [0.25, 0.3) is 0 Å². The van der Waals surface area contributed by atoms with Crippen LogP contribution in [0, 0.1) is 17.8 Å². The molecular weight excluding hydrogens is 294 g/mol. The molecule has 1 saturated carbocycles. The fourth-order valence-electron chi connectivity index (χ4n) is 2.54. The number of nitrogens with zero attached hydrogens (tertiary/aromatic N) is 1. The van der Waals surface area contributed by atoms with Gasteiger partial charge in [-0.3, -0.25) is 19.2 Å². The van der Waals surface area contributed by atoms with Gasteiger partial charge in [-0.1, -0.05) is 0 Å². The second-order valence-corrected chi connectivity index (χ2v) is 5.01. The van der Waals surface area contributed by atoms with E-state index >= 15 is 0 Å². The number of aliphatic carboxylic acids is 1. The Morgan fingerprint density at radius 1 is 1.09 bits per heavy atom. The smallest absolute Gasteiger partial charge is 0.310 e. The molecule has 1 aliphatic rings. The molecule has 1 N–H and O–H groups in total. The zero-order valence-corrected chi connectivity index (χ0v) is 12.9. The number of methoxy groups -OCH3 is 1. The lowest BCUT2D eigenvalue weighted by molar-refractivity contribution is -0.179. The molecule has 0 aromatic carbocycles. The summed E-state index contributed by atoms with van der Waals surface area (Å²) in [6.45, 7) is 4.18. The van der Waals surface area contributed by atoms with Gasteiger partial charge in [-0.15, -0.1) is 0 Å². The Kier molecular flexibility index (Phi) is 6.33. The van der Waals surface area contributed by atoms with Crippen molar-refractivity contribution in [2.75, 3.05) is 26.8 Å². The van der Waals surface area contributed by atoms with E-state index < -0.39 is 42.3 Å². The standard InChI is InChI=1S/C14H21NO7/c1-4-15(5-2)10(16)7-22-14(20)9-6-8(13(19)21-3)11(9)12(17)18/h8-9,11H,4-7H2,1-3H3,(H,17,18). The molecule has 0 spiro atoms. The van der Waals surface area contributed by atoms with Crippen LogP contribution in [0.3, 0.4) is 0 Å². The lowest BCUT2D eigenvalue weighted by atomic mass is 9.64. The normalized spacial score (nSPS) is 23.1. The van der Waals surface area contributed by atoms with Crippen molar-refractivity contribution in [2.24, 2.45) is 17.8 Å². The largest absolute Gasteiger partial charge is 0.481 e. The van der Waals surface area contributed by atoms with Crippen LogP contribution >= 0.6 is 0 Å². The van der Waals surface area contributed by atoms with Crippen LogP contribution in [0.2, 0.25) is 0 Å². The van der Waals surface area contributed by atoms with Crippen molar-refractivity contribution in [1.29, 1.82) is 0 Å².